The van der Waals surface area contributed by atoms with Crippen LogP contribution in [0.15, 0.2) is 29.2 Å². The molecule has 11 nitrogen and oxygen atoms in total. The molecule has 1 aliphatic carbocycles. The number of amides is 2. The highest BCUT2D eigenvalue weighted by molar-refractivity contribution is 7.59. The molecule has 36 heavy (non-hydrogen) atoms. The molecule has 1 spiro atoms. The lowest BCUT2D eigenvalue weighted by Crippen LogP contribution is -2.67. The molecule has 0 bridgehead atoms. The topological polar surface area (TPSA) is 152 Å². The molecular weight excluding hydrogens is 521 g/mol. The summed E-state index contributed by atoms with van der Waals surface area (Å²) in [5, 5.41) is 14.3. The molecule has 1 unspecified atom stereocenters. The Morgan fingerprint density at radius 1 is 1.25 bits per heavy atom. The normalized spacial score (nSPS) is 21.4. The van der Waals surface area contributed by atoms with E-state index in [1.165, 1.54) is 24.0 Å². The van der Waals surface area contributed by atoms with Crippen LogP contribution in [0.4, 0.5) is 8.78 Å². The van der Waals surface area contributed by atoms with Crippen molar-refractivity contribution in [3.8, 4) is 5.75 Å². The Labute approximate surface area is 210 Å². The van der Waals surface area contributed by atoms with Gasteiger partial charge in [0.25, 0.3) is 11.8 Å². The minimum Gasteiger partial charge on any atom is -0.502 e. The van der Waals surface area contributed by atoms with Gasteiger partial charge in [-0.05, 0) is 18.9 Å². The van der Waals surface area contributed by atoms with Crippen molar-refractivity contribution in [3.63, 3.8) is 0 Å². The van der Waals surface area contributed by atoms with Gasteiger partial charge in [0.2, 0.25) is 5.43 Å². The van der Waals surface area contributed by atoms with Crippen LogP contribution in [-0.4, -0.2) is 61.7 Å². The third kappa shape index (κ3) is 4.38. The number of fused-ring (bicyclic) bond motifs is 1. The number of aromatic nitrogens is 1. The van der Waals surface area contributed by atoms with Crippen molar-refractivity contribution in [2.75, 3.05) is 19.1 Å². The van der Waals surface area contributed by atoms with Crippen LogP contribution < -0.4 is 15.8 Å². The van der Waals surface area contributed by atoms with E-state index in [2.05, 4.69) is 5.32 Å². The van der Waals surface area contributed by atoms with E-state index in [9.17, 15) is 42.6 Å². The van der Waals surface area contributed by atoms with Gasteiger partial charge >= 0.3 is 7.60 Å². The summed E-state index contributed by atoms with van der Waals surface area (Å²) >= 11 is 0. The molecule has 2 heterocycles. The van der Waals surface area contributed by atoms with Crippen molar-refractivity contribution in [1.29, 1.82) is 0 Å². The van der Waals surface area contributed by atoms with Gasteiger partial charge in [0, 0.05) is 44.9 Å². The van der Waals surface area contributed by atoms with Gasteiger partial charge in [-0.2, -0.15) is 13.5 Å². The number of pyridine rings is 1. The van der Waals surface area contributed by atoms with Crippen LogP contribution in [-0.2, 0) is 11.1 Å². The molecule has 2 aliphatic rings. The van der Waals surface area contributed by atoms with E-state index in [1.54, 1.807) is 0 Å². The maximum Gasteiger partial charge on any atom is 0.328 e. The zero-order valence-electron chi connectivity index (χ0n) is 19.2. The van der Waals surface area contributed by atoms with Crippen LogP contribution in [0, 0.1) is 11.6 Å². The summed E-state index contributed by atoms with van der Waals surface area (Å²) in [5.74, 6) is -4.41. The third-order valence-electron chi connectivity index (χ3n) is 6.84. The molecule has 4 N–H and O–H groups in total. The van der Waals surface area contributed by atoms with Gasteiger partial charge < -0.3 is 25.1 Å². The maximum absolute atomic E-state index is 13.9. The third-order valence-corrected chi connectivity index (χ3v) is 8.23. The van der Waals surface area contributed by atoms with Crippen LogP contribution in [0.2, 0.25) is 0 Å². The van der Waals surface area contributed by atoms with Crippen molar-refractivity contribution in [2.24, 2.45) is 0 Å². The molecule has 1 aromatic carbocycles. The molecule has 1 saturated carbocycles. The number of nitrogens with one attached hydrogen (secondary N) is 1. The average molecular weight is 546 g/mol. The molecule has 1 aliphatic heterocycles. The lowest BCUT2D eigenvalue weighted by molar-refractivity contribution is 0.0402. The molecule has 2 aromatic rings. The maximum atomic E-state index is 13.9. The Bertz CT molecular complexity index is 1350. The Hall–Kier alpha value is -2.93. The van der Waals surface area contributed by atoms with Crippen LogP contribution >= 0.6 is 21.1 Å². The number of hydrogen-bond donors (Lipinski definition) is 4. The molecule has 0 saturated heterocycles. The number of halogens is 2. The summed E-state index contributed by atoms with van der Waals surface area (Å²) in [6.45, 7) is -0.377. The number of rotatable bonds is 4. The van der Waals surface area contributed by atoms with Crippen LogP contribution in [0.1, 0.15) is 45.7 Å². The first-order valence-corrected chi connectivity index (χ1v) is 12.2. The first-order valence-electron chi connectivity index (χ1n) is 10.6. The second kappa shape index (κ2) is 9.51. The number of carbonyl (C=O) groups is 2. The fourth-order valence-corrected chi connectivity index (χ4v) is 5.75. The Morgan fingerprint density at radius 3 is 2.50 bits per heavy atom. The number of nitrogens with zero attached hydrogens (tertiary/aromatic N) is 3. The fraction of sp³-hybridized carbons (Fsp3) is 0.381. The van der Waals surface area contributed by atoms with Gasteiger partial charge in [0.1, 0.15) is 22.9 Å². The van der Waals surface area contributed by atoms with E-state index in [1.807, 2.05) is 0 Å². The van der Waals surface area contributed by atoms with E-state index < -0.39 is 64.8 Å². The lowest BCUT2D eigenvalue weighted by Gasteiger charge is -2.51. The molecule has 15 heteroatoms. The van der Waals surface area contributed by atoms with Crippen molar-refractivity contribution in [3.05, 3.63) is 63.1 Å². The molecule has 1 fully saturated rings. The average Bonchev–Trinajstić information content (AvgIpc) is 3.24. The largest absolute Gasteiger partial charge is 0.502 e. The van der Waals surface area contributed by atoms with Crippen LogP contribution in [0.3, 0.4) is 0 Å². The van der Waals surface area contributed by atoms with Crippen molar-refractivity contribution in [2.45, 2.75) is 37.1 Å². The number of hydrogen-bond acceptors (Lipinski definition) is 6. The second-order valence-electron chi connectivity index (χ2n) is 8.69. The molecule has 0 radical (unpaired) electrons. The predicted octanol–water partition coefficient (Wildman–Crippen LogP) is 0.955. The van der Waals surface area contributed by atoms with Crippen molar-refractivity contribution < 1.29 is 37.8 Å². The lowest BCUT2D eigenvalue weighted by atomic mass is 10.0. The standard InChI is InChI=1S/C21H23F2N4O7P.H2S/c1-25-20(31)16-18(29)17(28)14(19(30)24-9-11-3-4-12(22)7-15(11)23)10-27(16)26(2)21(25)6-5-13(8-21)35(32,33)34;/h3-4,7,10,13,29H,5-6,8-9H2,1-2H3,(H,24,30)(H2,32,33,34);1H2/t13-,21?;/m0./s1. The highest BCUT2D eigenvalue weighted by atomic mass is 32.1. The van der Waals surface area contributed by atoms with Gasteiger partial charge in [-0.3, -0.25) is 28.6 Å². The quantitative estimate of drug-likeness (QED) is 0.414. The number of aromatic hydroxyl groups is 1. The summed E-state index contributed by atoms with van der Waals surface area (Å²) < 4.78 is 40.0. The summed E-state index contributed by atoms with van der Waals surface area (Å²) in [6, 6.07) is 2.78. The van der Waals surface area contributed by atoms with E-state index in [0.717, 1.165) is 23.0 Å². The number of benzene rings is 1. The second-order valence-corrected chi connectivity index (χ2v) is 10.6. The van der Waals surface area contributed by atoms with E-state index in [-0.39, 0.29) is 44.9 Å². The highest BCUT2D eigenvalue weighted by Crippen LogP contribution is 2.54. The van der Waals surface area contributed by atoms with Crippen molar-refractivity contribution in [1.82, 2.24) is 14.9 Å². The minimum absolute atomic E-state index is 0. The smallest absolute Gasteiger partial charge is 0.328 e. The zero-order chi connectivity index (χ0) is 25.9. The molecule has 4 rings (SSSR count). The highest BCUT2D eigenvalue weighted by Gasteiger charge is 2.55. The molecule has 2 amide bonds. The van der Waals surface area contributed by atoms with E-state index >= 15 is 0 Å². The first-order chi connectivity index (χ1) is 16.3. The summed E-state index contributed by atoms with van der Waals surface area (Å²) in [4.78, 5) is 59.1. The van der Waals surface area contributed by atoms with Gasteiger partial charge in [-0.25, -0.2) is 8.78 Å². The van der Waals surface area contributed by atoms with Crippen LogP contribution in [0.5, 0.6) is 5.75 Å². The molecule has 1 aromatic heterocycles. The molecule has 2 atom stereocenters. The summed E-state index contributed by atoms with van der Waals surface area (Å²) in [5.41, 5.74) is -4.29. The van der Waals surface area contributed by atoms with E-state index in [4.69, 9.17) is 0 Å². The van der Waals surface area contributed by atoms with Gasteiger partial charge in [-0.1, -0.05) is 6.07 Å². The Kier molecular flexibility index (Phi) is 7.30. The van der Waals surface area contributed by atoms with Gasteiger partial charge in [0.15, 0.2) is 11.4 Å². The monoisotopic (exact) mass is 546 g/mol. The summed E-state index contributed by atoms with van der Waals surface area (Å²) in [7, 11) is -1.53. The van der Waals surface area contributed by atoms with E-state index in [0.29, 0.717) is 6.07 Å². The van der Waals surface area contributed by atoms with Crippen molar-refractivity contribution >= 4 is 32.9 Å². The fourth-order valence-electron chi connectivity index (χ4n) is 4.75. The Morgan fingerprint density at radius 2 is 1.92 bits per heavy atom. The SMILES string of the molecule is CN1C(=O)c2c(O)c(=O)c(C(=O)NCc3ccc(F)cc3F)cn2N(C)C12CC[C@H](P(=O)(O)O)C2.S. The predicted molar refractivity (Wildman–Crippen MR) is 129 cm³/mol. The number of carbonyl (C=O) groups excluding carboxylic acids is 2. The van der Waals surface area contributed by atoms with Gasteiger partial charge in [0.05, 0.1) is 5.66 Å². The first kappa shape index (κ1) is 27.7. The summed E-state index contributed by atoms with van der Waals surface area (Å²) in [6.07, 6.45) is 1.29. The van der Waals surface area contributed by atoms with Crippen LogP contribution in [0.25, 0.3) is 0 Å². The van der Waals surface area contributed by atoms with Gasteiger partial charge in [-0.15, -0.1) is 0 Å². The molecular formula is C21H25F2N4O7PS. The Balaban J connectivity index is 0.00000361. The zero-order valence-corrected chi connectivity index (χ0v) is 21.1. The molecule has 196 valence electrons. The minimum atomic E-state index is -4.44.